The number of nitrogens with zero attached hydrogens (tertiary/aromatic N) is 4. The van der Waals surface area contributed by atoms with Crippen LogP contribution in [0.2, 0.25) is 0 Å². The molecule has 0 amide bonds. The summed E-state index contributed by atoms with van der Waals surface area (Å²) >= 11 is 5.64. The molecule has 0 saturated carbocycles. The fourth-order valence-electron chi connectivity index (χ4n) is 3.31. The Morgan fingerprint density at radius 2 is 1.26 bits per heavy atom. The Morgan fingerprint density at radius 3 is 1.76 bits per heavy atom. The Hall–Kier alpha value is -4.24. The van der Waals surface area contributed by atoms with Crippen LogP contribution in [0, 0.1) is 11.7 Å². The lowest BCUT2D eigenvalue weighted by Crippen LogP contribution is -2.23. The first-order valence-corrected chi connectivity index (χ1v) is 10.7. The molecule has 34 heavy (non-hydrogen) atoms. The summed E-state index contributed by atoms with van der Waals surface area (Å²) in [7, 11) is 3.12. The van der Waals surface area contributed by atoms with E-state index in [1.165, 1.54) is 9.13 Å². The number of aromatic hydroxyl groups is 1. The normalized spacial score (nSPS) is 11.0. The molecule has 0 radical (unpaired) electrons. The number of hydrogen-bond donors (Lipinski definition) is 1. The van der Waals surface area contributed by atoms with Crippen LogP contribution in [0.15, 0.2) is 87.8 Å². The second-order valence-electron chi connectivity index (χ2n) is 7.36. The first-order chi connectivity index (χ1) is 16.4. The molecule has 0 aliphatic rings. The number of aromatic nitrogens is 2. The van der Waals surface area contributed by atoms with Crippen molar-refractivity contribution in [3.8, 4) is 28.8 Å². The van der Waals surface area contributed by atoms with Crippen LogP contribution in [0.4, 0.5) is 11.4 Å². The molecule has 0 saturated heterocycles. The molecule has 8 nitrogen and oxygen atoms in total. The molecule has 0 aliphatic heterocycles. The Balaban J connectivity index is 1.96. The average Bonchev–Trinajstić information content (AvgIpc) is 2.86. The summed E-state index contributed by atoms with van der Waals surface area (Å²) in [5.41, 5.74) is 1.77. The molecule has 0 bridgehead atoms. The van der Waals surface area contributed by atoms with E-state index in [2.05, 4.69) is 10.2 Å². The molecule has 0 spiro atoms. The van der Waals surface area contributed by atoms with Gasteiger partial charge in [0.25, 0.3) is 5.56 Å². The number of aryl methyl sites for hydroxylation is 1. The van der Waals surface area contributed by atoms with E-state index >= 15 is 0 Å². The minimum Gasteiger partial charge on any atom is -0.497 e. The van der Waals surface area contributed by atoms with Crippen LogP contribution >= 0.6 is 12.2 Å². The summed E-state index contributed by atoms with van der Waals surface area (Å²) < 4.78 is 13.2. The number of methoxy groups -OCH3 is 2. The molecular formula is C25H22N4O4S. The van der Waals surface area contributed by atoms with E-state index in [4.69, 9.17) is 21.7 Å². The summed E-state index contributed by atoms with van der Waals surface area (Å²) in [6.07, 6.45) is 0. The standard InChI is InChI=1S/C25H22N4O4S/c1-16-4-6-17(7-5-16)26-27-22-23(30)28(18-8-12-20(32-2)13-9-18)25(34)29(24(22)31)19-10-14-21(33-3)15-11-19/h4-15,30H,1-3H3. The lowest BCUT2D eigenvalue weighted by molar-refractivity contribution is 0.414. The second kappa shape index (κ2) is 9.72. The molecule has 0 unspecified atom stereocenters. The van der Waals surface area contributed by atoms with Crippen molar-refractivity contribution in [3.63, 3.8) is 0 Å². The van der Waals surface area contributed by atoms with Gasteiger partial charge in [-0.2, -0.15) is 5.11 Å². The van der Waals surface area contributed by atoms with Gasteiger partial charge in [0.2, 0.25) is 11.6 Å². The van der Waals surface area contributed by atoms with E-state index in [1.54, 1.807) is 74.9 Å². The van der Waals surface area contributed by atoms with Gasteiger partial charge < -0.3 is 14.6 Å². The van der Waals surface area contributed by atoms with Crippen LogP contribution in [0.3, 0.4) is 0 Å². The largest absolute Gasteiger partial charge is 0.497 e. The highest BCUT2D eigenvalue weighted by Crippen LogP contribution is 2.30. The van der Waals surface area contributed by atoms with Crippen molar-refractivity contribution in [2.75, 3.05) is 14.2 Å². The first-order valence-electron chi connectivity index (χ1n) is 10.3. The Morgan fingerprint density at radius 1 is 0.765 bits per heavy atom. The number of rotatable bonds is 6. The smallest absolute Gasteiger partial charge is 0.290 e. The molecular weight excluding hydrogens is 452 g/mol. The predicted octanol–water partition coefficient (Wildman–Crippen LogP) is 5.80. The minimum atomic E-state index is -0.603. The van der Waals surface area contributed by atoms with Crippen molar-refractivity contribution in [1.82, 2.24) is 9.13 Å². The molecule has 4 rings (SSSR count). The van der Waals surface area contributed by atoms with Crippen LogP contribution in [-0.4, -0.2) is 28.5 Å². The highest BCUT2D eigenvalue weighted by Gasteiger charge is 2.19. The number of benzene rings is 3. The van der Waals surface area contributed by atoms with Crippen molar-refractivity contribution in [1.29, 1.82) is 0 Å². The third-order valence-electron chi connectivity index (χ3n) is 5.17. The summed E-state index contributed by atoms with van der Waals surface area (Å²) in [5, 5.41) is 19.4. The Bertz CT molecular complexity index is 1460. The fourth-order valence-corrected chi connectivity index (χ4v) is 3.69. The molecule has 1 N–H and O–H groups in total. The summed E-state index contributed by atoms with van der Waals surface area (Å²) in [4.78, 5) is 13.4. The minimum absolute atomic E-state index is 0.0621. The predicted molar refractivity (Wildman–Crippen MR) is 132 cm³/mol. The molecule has 0 fully saturated rings. The summed E-state index contributed by atoms with van der Waals surface area (Å²) in [5.74, 6) is 0.849. The Kier molecular flexibility index (Phi) is 6.55. The van der Waals surface area contributed by atoms with Crippen molar-refractivity contribution in [2.24, 2.45) is 10.2 Å². The summed E-state index contributed by atoms with van der Waals surface area (Å²) in [6, 6.07) is 21.0. The van der Waals surface area contributed by atoms with Crippen molar-refractivity contribution in [2.45, 2.75) is 6.92 Å². The SMILES string of the molecule is COc1ccc(-n2c(O)c(N=Nc3ccc(C)cc3)c(=O)n(-c3ccc(OC)cc3)c2=S)cc1. The zero-order chi connectivity index (χ0) is 24.2. The highest BCUT2D eigenvalue weighted by atomic mass is 32.1. The molecule has 1 heterocycles. The monoisotopic (exact) mass is 474 g/mol. The van der Waals surface area contributed by atoms with Crippen LogP contribution in [0.1, 0.15) is 5.56 Å². The van der Waals surface area contributed by atoms with Gasteiger partial charge in [0, 0.05) is 0 Å². The number of hydrogen-bond acceptors (Lipinski definition) is 7. The molecule has 4 aromatic rings. The van der Waals surface area contributed by atoms with Gasteiger partial charge in [-0.25, -0.2) is 0 Å². The lowest BCUT2D eigenvalue weighted by atomic mass is 10.2. The van der Waals surface area contributed by atoms with Gasteiger partial charge in [-0.15, -0.1) is 5.11 Å². The number of ether oxygens (including phenoxy) is 2. The van der Waals surface area contributed by atoms with Gasteiger partial charge in [-0.1, -0.05) is 17.7 Å². The van der Waals surface area contributed by atoms with Gasteiger partial charge in [0.1, 0.15) is 11.5 Å². The van der Waals surface area contributed by atoms with Gasteiger partial charge >= 0.3 is 0 Å². The lowest BCUT2D eigenvalue weighted by Gasteiger charge is -2.16. The molecule has 9 heteroatoms. The highest BCUT2D eigenvalue weighted by molar-refractivity contribution is 7.71. The van der Waals surface area contributed by atoms with Gasteiger partial charge in [-0.3, -0.25) is 13.9 Å². The van der Waals surface area contributed by atoms with Crippen LogP contribution in [0.25, 0.3) is 11.4 Å². The van der Waals surface area contributed by atoms with E-state index < -0.39 is 11.4 Å². The van der Waals surface area contributed by atoms with Crippen molar-refractivity contribution in [3.05, 3.63) is 93.5 Å². The van der Waals surface area contributed by atoms with Gasteiger partial charge in [0.05, 0.1) is 31.3 Å². The van der Waals surface area contributed by atoms with E-state index in [0.717, 1.165) is 5.56 Å². The molecule has 172 valence electrons. The maximum absolute atomic E-state index is 13.4. The zero-order valence-corrected chi connectivity index (χ0v) is 19.6. The van der Waals surface area contributed by atoms with Crippen LogP contribution in [0.5, 0.6) is 17.4 Å². The molecule has 1 aromatic heterocycles. The number of azo groups is 1. The average molecular weight is 475 g/mol. The quantitative estimate of drug-likeness (QED) is 0.282. The van der Waals surface area contributed by atoms with Crippen LogP contribution < -0.4 is 15.0 Å². The third-order valence-corrected chi connectivity index (χ3v) is 5.54. The van der Waals surface area contributed by atoms with Gasteiger partial charge in [0.15, 0.2) is 4.77 Å². The van der Waals surface area contributed by atoms with E-state index in [0.29, 0.717) is 28.6 Å². The molecule has 0 aliphatic carbocycles. The van der Waals surface area contributed by atoms with Crippen molar-refractivity contribution < 1.29 is 14.6 Å². The van der Waals surface area contributed by atoms with Crippen LogP contribution in [-0.2, 0) is 0 Å². The van der Waals surface area contributed by atoms with Gasteiger partial charge in [-0.05, 0) is 79.8 Å². The maximum atomic E-state index is 13.4. The first kappa shape index (κ1) is 22.9. The Labute approximate surface area is 201 Å². The van der Waals surface area contributed by atoms with E-state index in [1.807, 2.05) is 19.1 Å². The fraction of sp³-hybridized carbons (Fsp3) is 0.120. The molecule has 3 aromatic carbocycles. The van der Waals surface area contributed by atoms with Crippen molar-refractivity contribution >= 4 is 23.6 Å². The third kappa shape index (κ3) is 4.46. The molecule has 0 atom stereocenters. The topological polar surface area (TPSA) is 90.3 Å². The zero-order valence-electron chi connectivity index (χ0n) is 18.8. The second-order valence-corrected chi connectivity index (χ2v) is 7.73. The van der Waals surface area contributed by atoms with E-state index in [9.17, 15) is 9.90 Å². The van der Waals surface area contributed by atoms with E-state index in [-0.39, 0.29) is 10.5 Å². The maximum Gasteiger partial charge on any atom is 0.290 e. The summed E-state index contributed by atoms with van der Waals surface area (Å²) in [6.45, 7) is 1.96.